The molecular weight excluding hydrogens is 570 g/mol. The Morgan fingerprint density at radius 1 is 0.804 bits per heavy atom. The molecule has 0 aromatic heterocycles. The van der Waals surface area contributed by atoms with Crippen LogP contribution in [0, 0.1) is 17.8 Å². The Kier molecular flexibility index (Phi) is 9.67. The molecule has 0 radical (unpaired) electrons. The Hall–Kier alpha value is -4.25. The average Bonchev–Trinajstić information content (AvgIpc) is 3.08. The van der Waals surface area contributed by atoms with E-state index in [4.69, 9.17) is 14.2 Å². The summed E-state index contributed by atoms with van der Waals surface area (Å²) in [7, 11) is 3.33. The summed E-state index contributed by atoms with van der Waals surface area (Å²) < 4.78 is 17.8. The van der Waals surface area contributed by atoms with Crippen molar-refractivity contribution in [3.63, 3.8) is 0 Å². The number of fused-ring (bicyclic) bond motifs is 1. The maximum atomic E-state index is 14.0. The number of benzene rings is 4. The molecule has 6 rings (SSSR count). The van der Waals surface area contributed by atoms with Gasteiger partial charge in [-0.25, -0.2) is 4.79 Å². The molecule has 0 spiro atoms. The molecule has 4 aromatic rings. The number of nitrogens with zero attached hydrogens (tertiary/aromatic N) is 1. The minimum absolute atomic E-state index is 0.0451. The van der Waals surface area contributed by atoms with Crippen LogP contribution in [0.3, 0.4) is 0 Å². The van der Waals surface area contributed by atoms with Crippen LogP contribution in [0.25, 0.3) is 22.3 Å². The Morgan fingerprint density at radius 2 is 1.39 bits per heavy atom. The molecule has 0 bridgehead atoms. The Balaban J connectivity index is 1.26. The lowest BCUT2D eigenvalue weighted by molar-refractivity contribution is -0.0167. The Labute approximate surface area is 274 Å². The van der Waals surface area contributed by atoms with E-state index in [1.54, 1.807) is 14.2 Å². The number of carbonyl (C=O) groups excluding carboxylic acids is 1. The van der Waals surface area contributed by atoms with E-state index in [0.717, 1.165) is 30.6 Å². The fourth-order valence-electron chi connectivity index (χ4n) is 7.46. The molecule has 4 aromatic carbocycles. The van der Waals surface area contributed by atoms with Crippen molar-refractivity contribution in [3.05, 3.63) is 108 Å². The van der Waals surface area contributed by atoms with Crippen molar-refractivity contribution < 1.29 is 19.0 Å². The summed E-state index contributed by atoms with van der Waals surface area (Å²) in [5.74, 6) is 2.84. The molecule has 1 amide bonds. The van der Waals surface area contributed by atoms with Crippen molar-refractivity contribution in [2.24, 2.45) is 17.8 Å². The summed E-state index contributed by atoms with van der Waals surface area (Å²) in [5.41, 5.74) is 8.22. The number of hydrogen-bond donors (Lipinski definition) is 0. The largest absolute Gasteiger partial charge is 0.493 e. The molecule has 4 atom stereocenters. The summed E-state index contributed by atoms with van der Waals surface area (Å²) >= 11 is 0. The molecule has 0 N–H and O–H groups in total. The number of ether oxygens (including phenoxy) is 3. The van der Waals surface area contributed by atoms with Gasteiger partial charge in [0, 0.05) is 6.54 Å². The van der Waals surface area contributed by atoms with Crippen LogP contribution in [0.2, 0.25) is 0 Å². The summed E-state index contributed by atoms with van der Waals surface area (Å²) in [6, 6.07) is 31.9. The van der Waals surface area contributed by atoms with Gasteiger partial charge in [-0.05, 0) is 94.5 Å². The van der Waals surface area contributed by atoms with E-state index in [9.17, 15) is 4.79 Å². The van der Waals surface area contributed by atoms with Gasteiger partial charge in [0.15, 0.2) is 11.5 Å². The van der Waals surface area contributed by atoms with Gasteiger partial charge in [-0.15, -0.1) is 0 Å². The third-order valence-electron chi connectivity index (χ3n) is 10.2. The van der Waals surface area contributed by atoms with Gasteiger partial charge in [-0.3, -0.25) is 0 Å². The van der Waals surface area contributed by atoms with E-state index in [1.165, 1.54) is 39.8 Å². The Bertz CT molecular complexity index is 1610. The zero-order valence-electron chi connectivity index (χ0n) is 27.9. The second-order valence-electron chi connectivity index (χ2n) is 13.5. The minimum atomic E-state index is -0.203. The van der Waals surface area contributed by atoms with Crippen molar-refractivity contribution in [3.8, 4) is 33.8 Å². The van der Waals surface area contributed by atoms with E-state index < -0.39 is 0 Å². The summed E-state index contributed by atoms with van der Waals surface area (Å²) in [6.45, 7) is 7.38. The second kappa shape index (κ2) is 14.0. The maximum Gasteiger partial charge on any atom is 0.410 e. The molecule has 1 heterocycles. The van der Waals surface area contributed by atoms with Crippen LogP contribution in [0.5, 0.6) is 11.5 Å². The second-order valence-corrected chi connectivity index (χ2v) is 13.5. The molecule has 1 aliphatic carbocycles. The highest BCUT2D eigenvalue weighted by molar-refractivity contribution is 5.71. The zero-order chi connectivity index (χ0) is 32.2. The van der Waals surface area contributed by atoms with Crippen LogP contribution in [0.1, 0.15) is 62.8 Å². The van der Waals surface area contributed by atoms with E-state index in [2.05, 4.69) is 106 Å². The molecule has 2 aliphatic rings. The first-order valence-corrected chi connectivity index (χ1v) is 16.8. The van der Waals surface area contributed by atoms with Gasteiger partial charge in [-0.1, -0.05) is 106 Å². The van der Waals surface area contributed by atoms with Crippen LogP contribution >= 0.6 is 0 Å². The normalized spacial score (nSPS) is 21.0. The first-order valence-electron chi connectivity index (χ1n) is 16.8. The molecule has 1 aliphatic heterocycles. The highest BCUT2D eigenvalue weighted by Crippen LogP contribution is 2.41. The maximum absolute atomic E-state index is 14.0. The lowest BCUT2D eigenvalue weighted by Gasteiger charge is -2.41. The van der Waals surface area contributed by atoms with Crippen molar-refractivity contribution >= 4 is 6.09 Å². The predicted molar refractivity (Wildman–Crippen MR) is 185 cm³/mol. The molecule has 240 valence electrons. The highest BCUT2D eigenvalue weighted by atomic mass is 16.6. The van der Waals surface area contributed by atoms with Crippen molar-refractivity contribution in [1.29, 1.82) is 0 Å². The van der Waals surface area contributed by atoms with E-state index in [-0.39, 0.29) is 18.2 Å². The number of hydrogen-bond acceptors (Lipinski definition) is 4. The molecule has 1 fully saturated rings. The van der Waals surface area contributed by atoms with Gasteiger partial charge in [-0.2, -0.15) is 0 Å². The topological polar surface area (TPSA) is 48.0 Å². The van der Waals surface area contributed by atoms with Gasteiger partial charge in [0.05, 0.1) is 20.3 Å². The molecule has 46 heavy (non-hydrogen) atoms. The first-order chi connectivity index (χ1) is 22.3. The van der Waals surface area contributed by atoms with Crippen LogP contribution in [-0.4, -0.2) is 37.9 Å². The minimum Gasteiger partial charge on any atom is -0.493 e. The van der Waals surface area contributed by atoms with Crippen LogP contribution in [0.15, 0.2) is 91.0 Å². The third kappa shape index (κ3) is 6.79. The molecular formula is C41H47NO4. The summed E-state index contributed by atoms with van der Waals surface area (Å²) in [5, 5.41) is 0. The monoisotopic (exact) mass is 617 g/mol. The van der Waals surface area contributed by atoms with Crippen molar-refractivity contribution in [2.75, 3.05) is 20.8 Å². The fourth-order valence-corrected chi connectivity index (χ4v) is 7.46. The molecule has 5 heteroatoms. The third-order valence-corrected chi connectivity index (χ3v) is 10.2. The molecule has 1 unspecified atom stereocenters. The lowest BCUT2D eigenvalue weighted by atomic mass is 9.75. The predicted octanol–water partition coefficient (Wildman–Crippen LogP) is 9.78. The Morgan fingerprint density at radius 3 is 2.00 bits per heavy atom. The quantitative estimate of drug-likeness (QED) is 0.197. The lowest BCUT2D eigenvalue weighted by Crippen LogP contribution is -2.45. The number of rotatable bonds is 8. The van der Waals surface area contributed by atoms with Gasteiger partial charge >= 0.3 is 6.09 Å². The van der Waals surface area contributed by atoms with Crippen molar-refractivity contribution in [1.82, 2.24) is 4.90 Å². The van der Waals surface area contributed by atoms with E-state index in [1.807, 2.05) is 11.0 Å². The van der Waals surface area contributed by atoms with E-state index in [0.29, 0.717) is 36.5 Å². The summed E-state index contributed by atoms with van der Waals surface area (Å²) in [4.78, 5) is 16.0. The smallest absolute Gasteiger partial charge is 0.410 e. The van der Waals surface area contributed by atoms with E-state index >= 15 is 0 Å². The van der Waals surface area contributed by atoms with Crippen molar-refractivity contribution in [2.45, 2.75) is 65.0 Å². The fraction of sp³-hybridized carbons (Fsp3) is 0.390. The first kappa shape index (κ1) is 31.7. The van der Waals surface area contributed by atoms with Gasteiger partial charge in [0.2, 0.25) is 0 Å². The molecule has 0 saturated heterocycles. The average molecular weight is 618 g/mol. The van der Waals surface area contributed by atoms with Gasteiger partial charge < -0.3 is 19.1 Å². The van der Waals surface area contributed by atoms with Crippen LogP contribution < -0.4 is 9.47 Å². The number of methoxy groups -OCH3 is 2. The molecule has 5 nitrogen and oxygen atoms in total. The summed E-state index contributed by atoms with van der Waals surface area (Å²) in [6.07, 6.45) is 4.42. The zero-order valence-corrected chi connectivity index (χ0v) is 27.9. The molecule has 1 saturated carbocycles. The van der Waals surface area contributed by atoms with Gasteiger partial charge in [0.1, 0.15) is 6.10 Å². The standard InChI is InChI=1S/C41H47NO4/c1-27(2)35-20-11-28(3)23-38(35)46-41(43)42-22-21-34-25-39(44-4)40(45-5)26-36(34)37(42)24-29-12-14-31(15-13-29)33-18-16-32(17-19-33)30-9-7-6-8-10-30/h6-10,12-19,25-28,35,37-38H,11,20-24H2,1-5H3/t28-,35+,37+,38?/m0/s1. The highest BCUT2D eigenvalue weighted by Gasteiger charge is 2.38. The number of carbonyl (C=O) groups is 1. The van der Waals surface area contributed by atoms with Crippen LogP contribution in [0.4, 0.5) is 4.79 Å². The SMILES string of the molecule is COc1cc2c(cc1OC)[C@@H](Cc1ccc(-c3ccc(-c4ccccc4)cc3)cc1)N(C(=O)OC1C[C@@H](C)CC[C@@H]1C(C)C)CC2. The van der Waals surface area contributed by atoms with Gasteiger partial charge in [0.25, 0.3) is 0 Å². The number of amides is 1. The van der Waals surface area contributed by atoms with Crippen LogP contribution in [-0.2, 0) is 17.6 Å².